The first-order valence-electron chi connectivity index (χ1n) is 7.64. The van der Waals surface area contributed by atoms with Gasteiger partial charge in [-0.3, -0.25) is 0 Å². The molecular formula is C17H22N2O3. The van der Waals surface area contributed by atoms with Crippen LogP contribution in [-0.2, 0) is 6.61 Å². The molecule has 5 heteroatoms. The zero-order chi connectivity index (χ0) is 15.7. The van der Waals surface area contributed by atoms with Gasteiger partial charge in [-0.05, 0) is 31.4 Å². The van der Waals surface area contributed by atoms with Crippen molar-refractivity contribution in [3.63, 3.8) is 0 Å². The Kier molecular flexibility index (Phi) is 4.04. The molecule has 0 spiro atoms. The summed E-state index contributed by atoms with van der Waals surface area (Å²) in [6.45, 7) is 2.75. The van der Waals surface area contributed by atoms with E-state index in [0.29, 0.717) is 18.8 Å². The van der Waals surface area contributed by atoms with Crippen LogP contribution >= 0.6 is 0 Å². The van der Waals surface area contributed by atoms with E-state index in [9.17, 15) is 15.3 Å². The van der Waals surface area contributed by atoms with E-state index < -0.39 is 5.60 Å². The number of nitrogens with zero attached hydrogens (tertiary/aromatic N) is 2. The highest BCUT2D eigenvalue weighted by Gasteiger charge is 2.33. The van der Waals surface area contributed by atoms with Crippen molar-refractivity contribution in [3.05, 3.63) is 35.4 Å². The van der Waals surface area contributed by atoms with Crippen LogP contribution in [0.25, 0.3) is 10.9 Å². The van der Waals surface area contributed by atoms with Gasteiger partial charge >= 0.3 is 0 Å². The van der Waals surface area contributed by atoms with Gasteiger partial charge in [-0.15, -0.1) is 0 Å². The number of aryl methyl sites for hydroxylation is 1. The number of benzene rings is 1. The SMILES string of the molecule is Cc1cccc2cc(CO)c(N3CCC[C@](O)(CO)C3)nc12. The maximum Gasteiger partial charge on any atom is 0.134 e. The molecule has 1 fully saturated rings. The molecule has 1 aliphatic heterocycles. The zero-order valence-electron chi connectivity index (χ0n) is 12.8. The first-order valence-corrected chi connectivity index (χ1v) is 7.64. The first-order chi connectivity index (χ1) is 10.6. The predicted octanol–water partition coefficient (Wildman–Crippen LogP) is 1.36. The van der Waals surface area contributed by atoms with Crippen LogP contribution in [0.1, 0.15) is 24.0 Å². The van der Waals surface area contributed by atoms with Crippen molar-refractivity contribution in [2.24, 2.45) is 0 Å². The second kappa shape index (κ2) is 5.83. The molecule has 22 heavy (non-hydrogen) atoms. The monoisotopic (exact) mass is 302 g/mol. The first kappa shape index (κ1) is 15.2. The number of aliphatic hydroxyl groups excluding tert-OH is 2. The lowest BCUT2D eigenvalue weighted by atomic mass is 9.93. The molecule has 2 aromatic rings. The fourth-order valence-corrected chi connectivity index (χ4v) is 3.19. The fraction of sp³-hybridized carbons (Fsp3) is 0.471. The maximum atomic E-state index is 10.4. The normalized spacial score (nSPS) is 22.3. The third-order valence-electron chi connectivity index (χ3n) is 4.42. The van der Waals surface area contributed by atoms with Crippen LogP contribution in [0, 0.1) is 6.92 Å². The van der Waals surface area contributed by atoms with Gasteiger partial charge in [0.05, 0.1) is 25.3 Å². The molecule has 0 bridgehead atoms. The average Bonchev–Trinajstić information content (AvgIpc) is 2.54. The Morgan fingerprint density at radius 2 is 2.14 bits per heavy atom. The van der Waals surface area contributed by atoms with Crippen molar-refractivity contribution >= 4 is 16.7 Å². The minimum absolute atomic E-state index is 0.0970. The lowest BCUT2D eigenvalue weighted by molar-refractivity contribution is -0.0243. The van der Waals surface area contributed by atoms with Gasteiger partial charge in [0, 0.05) is 17.5 Å². The predicted molar refractivity (Wildman–Crippen MR) is 85.9 cm³/mol. The molecule has 0 amide bonds. The highest BCUT2D eigenvalue weighted by molar-refractivity contribution is 5.84. The third-order valence-corrected chi connectivity index (χ3v) is 4.42. The standard InChI is InChI=1S/C17H22N2O3/c1-12-4-2-5-13-8-14(9-20)16(18-15(12)13)19-7-3-6-17(22,10-19)11-21/h2,4-5,8,20-22H,3,6-7,9-11H2,1H3/t17-/m1/s1. The molecular weight excluding hydrogens is 280 g/mol. The summed E-state index contributed by atoms with van der Waals surface area (Å²) in [7, 11) is 0. The lowest BCUT2D eigenvalue weighted by Gasteiger charge is -2.39. The number of aromatic nitrogens is 1. The minimum Gasteiger partial charge on any atom is -0.393 e. The molecule has 3 N–H and O–H groups in total. The maximum absolute atomic E-state index is 10.4. The molecule has 0 radical (unpaired) electrons. The number of rotatable bonds is 3. The average molecular weight is 302 g/mol. The van der Waals surface area contributed by atoms with Crippen LogP contribution in [0.2, 0.25) is 0 Å². The highest BCUT2D eigenvalue weighted by atomic mass is 16.3. The Labute approximate surface area is 129 Å². The van der Waals surface area contributed by atoms with Crippen molar-refractivity contribution in [3.8, 4) is 0 Å². The Morgan fingerprint density at radius 3 is 2.86 bits per heavy atom. The summed E-state index contributed by atoms with van der Waals surface area (Å²) in [5, 5.41) is 30.5. The summed E-state index contributed by atoms with van der Waals surface area (Å²) >= 11 is 0. The number of aliphatic hydroxyl groups is 3. The van der Waals surface area contributed by atoms with E-state index in [1.807, 2.05) is 36.1 Å². The molecule has 3 rings (SSSR count). The van der Waals surface area contributed by atoms with Gasteiger partial charge < -0.3 is 20.2 Å². The number of fused-ring (bicyclic) bond motifs is 1. The van der Waals surface area contributed by atoms with Crippen molar-refractivity contribution in [1.29, 1.82) is 0 Å². The van der Waals surface area contributed by atoms with Crippen LogP contribution in [0.3, 0.4) is 0 Å². The highest BCUT2D eigenvalue weighted by Crippen LogP contribution is 2.30. The number of hydrogen-bond acceptors (Lipinski definition) is 5. The van der Waals surface area contributed by atoms with Crippen LogP contribution in [0.4, 0.5) is 5.82 Å². The van der Waals surface area contributed by atoms with Crippen LogP contribution < -0.4 is 4.90 Å². The second-order valence-electron chi connectivity index (χ2n) is 6.18. The molecule has 0 aliphatic carbocycles. The number of hydrogen-bond donors (Lipinski definition) is 3. The number of anilines is 1. The van der Waals surface area contributed by atoms with Gasteiger partial charge in [0.25, 0.3) is 0 Å². The Hall–Kier alpha value is -1.69. The van der Waals surface area contributed by atoms with Gasteiger partial charge in [0.2, 0.25) is 0 Å². The van der Waals surface area contributed by atoms with Gasteiger partial charge in [-0.1, -0.05) is 18.2 Å². The molecule has 1 saturated heterocycles. The second-order valence-corrected chi connectivity index (χ2v) is 6.18. The summed E-state index contributed by atoms with van der Waals surface area (Å²) < 4.78 is 0. The Balaban J connectivity index is 2.07. The number of β-amino-alcohol motifs (C(OH)–C–C–N with tert-alkyl or cyclic N) is 1. The number of pyridine rings is 1. The van der Waals surface area contributed by atoms with E-state index in [0.717, 1.165) is 35.0 Å². The van der Waals surface area contributed by atoms with Crippen molar-refractivity contribution in [2.45, 2.75) is 32.0 Å². The smallest absolute Gasteiger partial charge is 0.134 e. The molecule has 0 unspecified atom stereocenters. The summed E-state index contributed by atoms with van der Waals surface area (Å²) in [5.74, 6) is 0.705. The summed E-state index contributed by atoms with van der Waals surface area (Å²) in [6, 6.07) is 7.93. The lowest BCUT2D eigenvalue weighted by Crippen LogP contribution is -2.51. The van der Waals surface area contributed by atoms with Crippen LogP contribution in [0.5, 0.6) is 0 Å². The van der Waals surface area contributed by atoms with E-state index in [-0.39, 0.29) is 13.2 Å². The van der Waals surface area contributed by atoms with Crippen molar-refractivity contribution in [1.82, 2.24) is 4.98 Å². The fourth-order valence-electron chi connectivity index (χ4n) is 3.19. The third kappa shape index (κ3) is 2.67. The number of para-hydroxylation sites is 1. The van der Waals surface area contributed by atoms with Crippen molar-refractivity contribution < 1.29 is 15.3 Å². The molecule has 1 aromatic carbocycles. The van der Waals surface area contributed by atoms with Gasteiger partial charge in [0.15, 0.2) is 0 Å². The molecule has 5 nitrogen and oxygen atoms in total. The van der Waals surface area contributed by atoms with E-state index in [4.69, 9.17) is 4.98 Å². The number of piperidine rings is 1. The van der Waals surface area contributed by atoms with Crippen molar-refractivity contribution in [2.75, 3.05) is 24.6 Å². The summed E-state index contributed by atoms with van der Waals surface area (Å²) in [4.78, 5) is 6.71. The molecule has 0 saturated carbocycles. The molecule has 1 atom stereocenters. The zero-order valence-corrected chi connectivity index (χ0v) is 12.8. The van der Waals surface area contributed by atoms with E-state index >= 15 is 0 Å². The Morgan fingerprint density at radius 1 is 1.32 bits per heavy atom. The summed E-state index contributed by atoms with van der Waals surface area (Å²) in [6.07, 6.45) is 1.37. The molecule has 1 aromatic heterocycles. The molecule has 2 heterocycles. The van der Waals surface area contributed by atoms with Gasteiger partial charge in [-0.2, -0.15) is 0 Å². The minimum atomic E-state index is -1.09. The van der Waals surface area contributed by atoms with Crippen LogP contribution in [0.15, 0.2) is 24.3 Å². The Bertz CT molecular complexity index is 689. The summed E-state index contributed by atoms with van der Waals surface area (Å²) in [5.41, 5.74) is 1.65. The van der Waals surface area contributed by atoms with E-state index in [1.54, 1.807) is 0 Å². The largest absolute Gasteiger partial charge is 0.393 e. The van der Waals surface area contributed by atoms with Gasteiger partial charge in [0.1, 0.15) is 11.4 Å². The van der Waals surface area contributed by atoms with E-state index in [2.05, 4.69) is 0 Å². The quantitative estimate of drug-likeness (QED) is 0.798. The topological polar surface area (TPSA) is 76.8 Å². The van der Waals surface area contributed by atoms with E-state index in [1.165, 1.54) is 0 Å². The molecule has 118 valence electrons. The van der Waals surface area contributed by atoms with Crippen LogP contribution in [-0.4, -0.2) is 45.6 Å². The van der Waals surface area contributed by atoms with Gasteiger partial charge in [-0.25, -0.2) is 4.98 Å². The molecule has 1 aliphatic rings.